The zero-order chi connectivity index (χ0) is 21.7. The molecule has 0 aliphatic heterocycles. The van der Waals surface area contributed by atoms with Gasteiger partial charge in [-0.2, -0.15) is 0 Å². The van der Waals surface area contributed by atoms with Crippen LogP contribution in [0.15, 0.2) is 58.7 Å². The predicted octanol–water partition coefficient (Wildman–Crippen LogP) is 4.72. The third kappa shape index (κ3) is 3.49. The summed E-state index contributed by atoms with van der Waals surface area (Å²) in [5, 5.41) is 1.24. The molecule has 2 heterocycles. The Hall–Kier alpha value is -2.47. The highest BCUT2D eigenvalue weighted by atomic mass is 32.2. The Morgan fingerprint density at radius 2 is 1.66 bits per heavy atom. The van der Waals surface area contributed by atoms with E-state index in [4.69, 9.17) is 4.98 Å². The van der Waals surface area contributed by atoms with Gasteiger partial charge in [-0.1, -0.05) is 23.9 Å². The van der Waals surface area contributed by atoms with Crippen molar-refractivity contribution in [2.75, 3.05) is 5.75 Å². The summed E-state index contributed by atoms with van der Waals surface area (Å²) in [5.41, 5.74) is 1.51. The van der Waals surface area contributed by atoms with Gasteiger partial charge in [0.1, 0.15) is 5.78 Å². The number of ketones is 1. The summed E-state index contributed by atoms with van der Waals surface area (Å²) in [6, 6.07) is 11.3. The van der Waals surface area contributed by atoms with Crippen LogP contribution in [0.2, 0.25) is 0 Å². The summed E-state index contributed by atoms with van der Waals surface area (Å²) in [6.07, 6.45) is 10.7. The van der Waals surface area contributed by atoms with Gasteiger partial charge in [-0.3, -0.25) is 19.1 Å². The number of benzene rings is 1. The Bertz CT molecular complexity index is 1200. The molecule has 3 aromatic rings. The van der Waals surface area contributed by atoms with Crippen LogP contribution in [0.1, 0.15) is 44.1 Å². The van der Waals surface area contributed by atoms with Gasteiger partial charge in [0, 0.05) is 17.8 Å². The van der Waals surface area contributed by atoms with Crippen molar-refractivity contribution in [2.45, 2.75) is 50.2 Å². The molecule has 5 nitrogen and oxygen atoms in total. The zero-order valence-corrected chi connectivity index (χ0v) is 18.9. The van der Waals surface area contributed by atoms with E-state index in [0.29, 0.717) is 34.1 Å². The minimum atomic E-state index is -0.116. The maximum Gasteiger partial charge on any atom is 0.262 e. The van der Waals surface area contributed by atoms with E-state index in [2.05, 4.69) is 4.98 Å². The molecule has 7 rings (SSSR count). The van der Waals surface area contributed by atoms with Crippen molar-refractivity contribution in [1.82, 2.24) is 14.5 Å². The maximum absolute atomic E-state index is 13.5. The van der Waals surface area contributed by atoms with E-state index >= 15 is 0 Å². The van der Waals surface area contributed by atoms with E-state index in [1.54, 1.807) is 17.0 Å². The number of rotatable bonds is 6. The number of carbonyl (C=O) groups is 1. The first-order chi connectivity index (χ1) is 15.6. The molecule has 4 aliphatic carbocycles. The second kappa shape index (κ2) is 7.84. The summed E-state index contributed by atoms with van der Waals surface area (Å²) in [5.74, 6) is 3.02. The Labute approximate surface area is 191 Å². The number of Topliss-reactive ketones (excluding diaryl/α,β-unsaturated/α-hetero) is 1. The van der Waals surface area contributed by atoms with Crippen LogP contribution in [-0.2, 0) is 11.3 Å². The van der Waals surface area contributed by atoms with Crippen LogP contribution >= 0.6 is 11.8 Å². The third-order valence-corrected chi connectivity index (χ3v) is 8.86. The van der Waals surface area contributed by atoms with Gasteiger partial charge in [0.15, 0.2) is 5.16 Å². The van der Waals surface area contributed by atoms with Crippen molar-refractivity contribution in [3.63, 3.8) is 0 Å². The smallest absolute Gasteiger partial charge is 0.262 e. The minimum absolute atomic E-state index is 0.0582. The average Bonchev–Trinajstić information content (AvgIpc) is 2.79. The highest BCUT2D eigenvalue weighted by Crippen LogP contribution is 2.60. The Kier molecular flexibility index (Phi) is 4.94. The number of carbonyl (C=O) groups excluding carboxylic acids is 1. The zero-order valence-electron chi connectivity index (χ0n) is 18.1. The molecular formula is C26H27N3O2S. The Morgan fingerprint density at radius 1 is 1.00 bits per heavy atom. The van der Waals surface area contributed by atoms with Crippen molar-refractivity contribution < 1.29 is 4.79 Å². The highest BCUT2D eigenvalue weighted by molar-refractivity contribution is 7.99. The molecule has 0 N–H and O–H groups in total. The van der Waals surface area contributed by atoms with Crippen LogP contribution in [0.3, 0.4) is 0 Å². The van der Waals surface area contributed by atoms with E-state index in [0.717, 1.165) is 42.6 Å². The van der Waals surface area contributed by atoms with Gasteiger partial charge >= 0.3 is 0 Å². The molecule has 0 atom stereocenters. The lowest BCUT2D eigenvalue weighted by Gasteiger charge is -2.56. The second-order valence-corrected chi connectivity index (χ2v) is 11.0. The molecule has 0 unspecified atom stereocenters. The minimum Gasteiger partial charge on any atom is -0.298 e. The Balaban J connectivity index is 1.30. The summed E-state index contributed by atoms with van der Waals surface area (Å²) in [6.45, 7) is 0.424. The van der Waals surface area contributed by atoms with Crippen LogP contribution in [-0.4, -0.2) is 26.1 Å². The number of thioether (sulfide) groups is 1. The fraction of sp³-hybridized carbons (Fsp3) is 0.462. The van der Waals surface area contributed by atoms with Gasteiger partial charge in [0.25, 0.3) is 5.56 Å². The van der Waals surface area contributed by atoms with Crippen molar-refractivity contribution in [1.29, 1.82) is 0 Å². The molecule has 164 valence electrons. The number of hydrogen-bond donors (Lipinski definition) is 0. The van der Waals surface area contributed by atoms with Gasteiger partial charge < -0.3 is 0 Å². The molecule has 32 heavy (non-hydrogen) atoms. The van der Waals surface area contributed by atoms with Crippen molar-refractivity contribution in [3.05, 3.63) is 64.7 Å². The molecular weight excluding hydrogens is 418 g/mol. The van der Waals surface area contributed by atoms with Crippen LogP contribution in [0, 0.1) is 23.2 Å². The molecule has 4 fully saturated rings. The fourth-order valence-corrected chi connectivity index (χ4v) is 7.84. The predicted molar refractivity (Wildman–Crippen MR) is 126 cm³/mol. The molecule has 4 bridgehead atoms. The van der Waals surface area contributed by atoms with Crippen LogP contribution in [0.25, 0.3) is 10.9 Å². The normalized spacial score (nSPS) is 28.3. The molecule has 0 radical (unpaired) electrons. The lowest BCUT2D eigenvalue weighted by molar-refractivity contribution is -0.141. The number of aromatic nitrogens is 3. The standard InChI is InChI=1S/C26H27N3O2S/c30-23(26-12-18-9-19(13-26)11-20(10-18)14-26)16-32-25-28-22-4-2-1-3-21(22)24(31)29(25)15-17-5-7-27-8-6-17/h1-8,18-20H,9-16H2. The first-order valence-electron chi connectivity index (χ1n) is 11.6. The van der Waals surface area contributed by atoms with Gasteiger partial charge in [-0.05, 0) is 86.1 Å². The van der Waals surface area contributed by atoms with Crippen LogP contribution in [0.4, 0.5) is 0 Å². The summed E-state index contributed by atoms with van der Waals surface area (Å²) >= 11 is 1.44. The quantitative estimate of drug-likeness (QED) is 0.406. The number of fused-ring (bicyclic) bond motifs is 1. The van der Waals surface area contributed by atoms with E-state index in [-0.39, 0.29) is 11.0 Å². The largest absolute Gasteiger partial charge is 0.298 e. The Morgan fingerprint density at radius 3 is 2.34 bits per heavy atom. The van der Waals surface area contributed by atoms with Gasteiger partial charge in [-0.25, -0.2) is 4.98 Å². The summed E-state index contributed by atoms with van der Waals surface area (Å²) in [7, 11) is 0. The van der Waals surface area contributed by atoms with E-state index in [1.807, 2.05) is 36.4 Å². The van der Waals surface area contributed by atoms with E-state index in [1.165, 1.54) is 31.0 Å². The number of pyridine rings is 1. The molecule has 4 aliphatic rings. The molecule has 4 saturated carbocycles. The van der Waals surface area contributed by atoms with Crippen molar-refractivity contribution >= 4 is 28.4 Å². The highest BCUT2D eigenvalue weighted by Gasteiger charge is 2.54. The maximum atomic E-state index is 13.5. The van der Waals surface area contributed by atoms with Crippen LogP contribution in [0.5, 0.6) is 0 Å². The number of hydrogen-bond acceptors (Lipinski definition) is 5. The first kappa shape index (κ1) is 20.2. The molecule has 6 heteroatoms. The van der Waals surface area contributed by atoms with Crippen LogP contribution < -0.4 is 5.56 Å². The van der Waals surface area contributed by atoms with Crippen molar-refractivity contribution in [3.8, 4) is 0 Å². The van der Waals surface area contributed by atoms with E-state index < -0.39 is 0 Å². The topological polar surface area (TPSA) is 64.8 Å². The average molecular weight is 446 g/mol. The van der Waals surface area contributed by atoms with Gasteiger partial charge in [-0.15, -0.1) is 0 Å². The summed E-state index contributed by atoms with van der Waals surface area (Å²) in [4.78, 5) is 35.8. The SMILES string of the molecule is O=C(CSc1nc2ccccc2c(=O)n1Cc1ccncc1)C12CC3CC(CC(C3)C1)C2. The second-order valence-electron chi connectivity index (χ2n) is 10.1. The van der Waals surface area contributed by atoms with Crippen molar-refractivity contribution in [2.24, 2.45) is 23.2 Å². The third-order valence-electron chi connectivity index (χ3n) is 7.88. The summed E-state index contributed by atoms with van der Waals surface area (Å²) < 4.78 is 1.72. The first-order valence-corrected chi connectivity index (χ1v) is 12.6. The molecule has 0 saturated heterocycles. The van der Waals surface area contributed by atoms with Gasteiger partial charge in [0.2, 0.25) is 0 Å². The fourth-order valence-electron chi connectivity index (χ4n) is 6.80. The molecule has 0 spiro atoms. The lowest BCUT2D eigenvalue weighted by atomic mass is 9.48. The van der Waals surface area contributed by atoms with E-state index in [9.17, 15) is 9.59 Å². The molecule has 2 aromatic heterocycles. The number of nitrogens with zero attached hydrogens (tertiary/aromatic N) is 3. The van der Waals surface area contributed by atoms with Gasteiger partial charge in [0.05, 0.1) is 23.2 Å². The number of para-hydroxylation sites is 1. The molecule has 0 amide bonds. The monoisotopic (exact) mass is 445 g/mol. The lowest BCUT2D eigenvalue weighted by Crippen LogP contribution is -2.50. The molecule has 1 aromatic carbocycles.